The Bertz CT molecular complexity index is 439. The van der Waals surface area contributed by atoms with E-state index in [0.717, 1.165) is 6.54 Å². The van der Waals surface area contributed by atoms with Crippen LogP contribution in [0.2, 0.25) is 10.0 Å². The van der Waals surface area contributed by atoms with E-state index in [-0.39, 0.29) is 5.91 Å². The van der Waals surface area contributed by atoms with E-state index in [1.165, 1.54) is 4.90 Å². The topological polar surface area (TPSA) is 42.8 Å². The van der Waals surface area contributed by atoms with Crippen molar-refractivity contribution in [1.82, 2.24) is 5.32 Å². The van der Waals surface area contributed by atoms with Gasteiger partial charge in [-0.3, -0.25) is 4.79 Å². The normalized spacial score (nSPS) is 12.3. The SMILES string of the molecule is C[C@@H](Oc1ccc(Cl)cc1Cl)C(=O)NCC[NH+](C)C. The Balaban J connectivity index is 2.49. The number of carbonyl (C=O) groups is 1. The summed E-state index contributed by atoms with van der Waals surface area (Å²) in [5.74, 6) is 0.291. The van der Waals surface area contributed by atoms with Crippen LogP contribution < -0.4 is 15.0 Å². The Labute approximate surface area is 123 Å². The monoisotopic (exact) mass is 305 g/mol. The lowest BCUT2D eigenvalue weighted by molar-refractivity contribution is -0.856. The molecule has 1 amide bonds. The summed E-state index contributed by atoms with van der Waals surface area (Å²) in [6.45, 7) is 3.16. The van der Waals surface area contributed by atoms with E-state index >= 15 is 0 Å². The third kappa shape index (κ3) is 5.68. The van der Waals surface area contributed by atoms with Gasteiger partial charge in [-0.1, -0.05) is 23.2 Å². The Hall–Kier alpha value is -0.970. The van der Waals surface area contributed by atoms with E-state index < -0.39 is 6.10 Å². The van der Waals surface area contributed by atoms with Crippen LogP contribution in [0.25, 0.3) is 0 Å². The molecule has 19 heavy (non-hydrogen) atoms. The summed E-state index contributed by atoms with van der Waals surface area (Å²) in [6, 6.07) is 4.90. The van der Waals surface area contributed by atoms with Gasteiger partial charge in [-0.2, -0.15) is 0 Å². The summed E-state index contributed by atoms with van der Waals surface area (Å²) in [4.78, 5) is 13.1. The van der Waals surface area contributed by atoms with Crippen molar-refractivity contribution < 1.29 is 14.4 Å². The molecule has 6 heteroatoms. The van der Waals surface area contributed by atoms with E-state index in [0.29, 0.717) is 22.3 Å². The van der Waals surface area contributed by atoms with Crippen LogP contribution >= 0.6 is 23.2 Å². The fourth-order valence-electron chi connectivity index (χ4n) is 1.39. The van der Waals surface area contributed by atoms with Crippen LogP contribution in [-0.2, 0) is 4.79 Å². The van der Waals surface area contributed by atoms with Gasteiger partial charge >= 0.3 is 0 Å². The molecule has 0 bridgehead atoms. The van der Waals surface area contributed by atoms with Crippen LogP contribution in [0.5, 0.6) is 5.75 Å². The number of halogens is 2. The summed E-state index contributed by atoms with van der Waals surface area (Å²) < 4.78 is 5.51. The lowest BCUT2D eigenvalue weighted by Crippen LogP contribution is -3.06. The number of amides is 1. The molecule has 0 aromatic heterocycles. The zero-order valence-corrected chi connectivity index (χ0v) is 12.8. The molecule has 0 unspecified atom stereocenters. The van der Waals surface area contributed by atoms with Gasteiger partial charge in [-0.05, 0) is 25.1 Å². The van der Waals surface area contributed by atoms with Gasteiger partial charge in [-0.15, -0.1) is 0 Å². The van der Waals surface area contributed by atoms with Crippen molar-refractivity contribution >= 4 is 29.1 Å². The maximum absolute atomic E-state index is 11.8. The highest BCUT2D eigenvalue weighted by Gasteiger charge is 2.16. The highest BCUT2D eigenvalue weighted by atomic mass is 35.5. The van der Waals surface area contributed by atoms with Crippen molar-refractivity contribution in [2.75, 3.05) is 27.2 Å². The molecule has 0 fully saturated rings. The van der Waals surface area contributed by atoms with Gasteiger partial charge in [0.25, 0.3) is 5.91 Å². The maximum Gasteiger partial charge on any atom is 0.260 e. The Morgan fingerprint density at radius 1 is 1.42 bits per heavy atom. The van der Waals surface area contributed by atoms with Crippen LogP contribution in [0.1, 0.15) is 6.92 Å². The van der Waals surface area contributed by atoms with E-state index in [4.69, 9.17) is 27.9 Å². The number of nitrogens with one attached hydrogen (secondary N) is 2. The molecule has 0 heterocycles. The van der Waals surface area contributed by atoms with Crippen LogP contribution in [0.3, 0.4) is 0 Å². The minimum atomic E-state index is -0.601. The summed E-state index contributed by atoms with van der Waals surface area (Å²) in [5, 5.41) is 3.74. The van der Waals surface area contributed by atoms with Crippen LogP contribution in [0.4, 0.5) is 0 Å². The fourth-order valence-corrected chi connectivity index (χ4v) is 1.85. The molecule has 1 aromatic rings. The number of carbonyl (C=O) groups excluding carboxylic acids is 1. The zero-order chi connectivity index (χ0) is 14.4. The average molecular weight is 306 g/mol. The first-order valence-corrected chi connectivity index (χ1v) is 6.84. The lowest BCUT2D eigenvalue weighted by atomic mass is 10.3. The first-order chi connectivity index (χ1) is 8.90. The van der Waals surface area contributed by atoms with E-state index in [1.807, 2.05) is 14.1 Å². The van der Waals surface area contributed by atoms with Crippen molar-refractivity contribution in [2.45, 2.75) is 13.0 Å². The standard InChI is InChI=1S/C13H18Cl2N2O2/c1-9(13(18)16-6-7-17(2)3)19-12-5-4-10(14)8-11(12)15/h4-5,8-9H,6-7H2,1-3H3,(H,16,18)/p+1/t9-/m1/s1. The van der Waals surface area contributed by atoms with Crippen LogP contribution in [-0.4, -0.2) is 39.2 Å². The smallest absolute Gasteiger partial charge is 0.260 e. The number of likely N-dealkylation sites (N-methyl/N-ethyl adjacent to an activating group) is 1. The predicted octanol–water partition coefficient (Wildman–Crippen LogP) is 1.02. The Morgan fingerprint density at radius 2 is 2.11 bits per heavy atom. The average Bonchev–Trinajstić information content (AvgIpc) is 2.32. The summed E-state index contributed by atoms with van der Waals surface area (Å²) in [5.41, 5.74) is 0. The molecule has 1 rings (SSSR count). The molecule has 4 nitrogen and oxygen atoms in total. The first-order valence-electron chi connectivity index (χ1n) is 6.08. The molecule has 0 saturated carbocycles. The van der Waals surface area contributed by atoms with Crippen molar-refractivity contribution in [3.05, 3.63) is 28.2 Å². The number of benzene rings is 1. The van der Waals surface area contributed by atoms with E-state index in [9.17, 15) is 4.79 Å². The van der Waals surface area contributed by atoms with Crippen molar-refractivity contribution in [3.63, 3.8) is 0 Å². The zero-order valence-electron chi connectivity index (χ0n) is 11.3. The summed E-state index contributed by atoms with van der Waals surface area (Å²) in [6.07, 6.45) is -0.601. The number of rotatable bonds is 6. The second-order valence-electron chi connectivity index (χ2n) is 4.58. The molecule has 0 saturated heterocycles. The molecule has 106 valence electrons. The van der Waals surface area contributed by atoms with Crippen molar-refractivity contribution in [3.8, 4) is 5.75 Å². The van der Waals surface area contributed by atoms with Gasteiger partial charge in [0, 0.05) is 5.02 Å². The minimum absolute atomic E-state index is 0.160. The quantitative estimate of drug-likeness (QED) is 0.824. The second-order valence-corrected chi connectivity index (χ2v) is 5.43. The summed E-state index contributed by atoms with van der Waals surface area (Å²) >= 11 is 11.8. The predicted molar refractivity (Wildman–Crippen MR) is 77.2 cm³/mol. The van der Waals surface area contributed by atoms with Crippen molar-refractivity contribution in [1.29, 1.82) is 0 Å². The first kappa shape index (κ1) is 16.1. The number of ether oxygens (including phenoxy) is 1. The van der Waals surface area contributed by atoms with Crippen molar-refractivity contribution in [2.24, 2.45) is 0 Å². The molecule has 0 aliphatic carbocycles. The van der Waals surface area contributed by atoms with Gasteiger partial charge in [0.15, 0.2) is 6.10 Å². The lowest BCUT2D eigenvalue weighted by Gasteiger charge is -2.16. The van der Waals surface area contributed by atoms with Gasteiger partial charge in [0.05, 0.1) is 32.2 Å². The van der Waals surface area contributed by atoms with Crippen LogP contribution in [0.15, 0.2) is 18.2 Å². The van der Waals surface area contributed by atoms with Gasteiger partial charge < -0.3 is 15.0 Å². The highest BCUT2D eigenvalue weighted by molar-refractivity contribution is 6.35. The molecule has 0 aliphatic heterocycles. The summed E-state index contributed by atoms with van der Waals surface area (Å²) in [7, 11) is 4.05. The maximum atomic E-state index is 11.8. The van der Waals surface area contributed by atoms with Gasteiger partial charge in [-0.25, -0.2) is 0 Å². The van der Waals surface area contributed by atoms with Gasteiger partial charge in [0.2, 0.25) is 0 Å². The molecule has 0 aliphatic rings. The number of hydrogen-bond acceptors (Lipinski definition) is 2. The van der Waals surface area contributed by atoms with E-state index in [1.54, 1.807) is 25.1 Å². The fraction of sp³-hybridized carbons (Fsp3) is 0.462. The third-order valence-electron chi connectivity index (χ3n) is 2.49. The Kier molecular flexibility index (Phi) is 6.42. The molecule has 0 radical (unpaired) electrons. The molecular weight excluding hydrogens is 287 g/mol. The number of quaternary nitrogens is 1. The molecule has 1 atom stereocenters. The minimum Gasteiger partial charge on any atom is -0.479 e. The third-order valence-corrected chi connectivity index (χ3v) is 3.02. The Morgan fingerprint density at radius 3 is 2.68 bits per heavy atom. The molecule has 1 aromatic carbocycles. The molecular formula is C13H19Cl2N2O2+. The van der Waals surface area contributed by atoms with Crippen LogP contribution in [0, 0.1) is 0 Å². The van der Waals surface area contributed by atoms with Gasteiger partial charge in [0.1, 0.15) is 5.75 Å². The highest BCUT2D eigenvalue weighted by Crippen LogP contribution is 2.28. The largest absolute Gasteiger partial charge is 0.479 e. The molecule has 2 N–H and O–H groups in total. The molecule has 0 spiro atoms. The van der Waals surface area contributed by atoms with E-state index in [2.05, 4.69) is 5.32 Å². The number of hydrogen-bond donors (Lipinski definition) is 2. The second kappa shape index (κ2) is 7.58.